The van der Waals surface area contributed by atoms with Crippen molar-refractivity contribution >= 4 is 27.5 Å². The number of anilines is 1. The van der Waals surface area contributed by atoms with Crippen LogP contribution >= 0.6 is 0 Å². The average molecular weight is 628 g/mol. The lowest BCUT2D eigenvalue weighted by atomic mass is 10.1. The first-order valence-corrected chi connectivity index (χ1v) is 16.7. The molecule has 4 aromatic rings. The fourth-order valence-electron chi connectivity index (χ4n) is 4.99. The number of carbonyl (C=O) groups is 2. The number of carbonyl (C=O) groups excluding carboxylic acids is 2. The van der Waals surface area contributed by atoms with Gasteiger partial charge in [0, 0.05) is 13.1 Å². The molecule has 4 aromatic carbocycles. The van der Waals surface area contributed by atoms with Crippen LogP contribution < -0.4 is 14.4 Å². The minimum atomic E-state index is -4.16. The van der Waals surface area contributed by atoms with Crippen LogP contribution in [-0.2, 0) is 26.2 Å². The predicted octanol–water partition coefficient (Wildman–Crippen LogP) is 6.71. The summed E-state index contributed by atoms with van der Waals surface area (Å²) < 4.78 is 35.1. The third-order valence-electron chi connectivity index (χ3n) is 7.36. The number of aryl methyl sites for hydroxylation is 1. The van der Waals surface area contributed by atoms with E-state index >= 15 is 0 Å². The Labute approximate surface area is 266 Å². The van der Waals surface area contributed by atoms with E-state index < -0.39 is 28.5 Å². The lowest BCUT2D eigenvalue weighted by Gasteiger charge is -2.33. The van der Waals surface area contributed by atoms with Crippen molar-refractivity contribution in [1.29, 1.82) is 0 Å². The van der Waals surface area contributed by atoms with Gasteiger partial charge in [-0.15, -0.1) is 0 Å². The summed E-state index contributed by atoms with van der Waals surface area (Å²) in [7, 11) is -4.16. The molecule has 45 heavy (non-hydrogen) atoms. The number of ether oxygens (including phenoxy) is 1. The summed E-state index contributed by atoms with van der Waals surface area (Å²) in [5, 5.41) is 2.96. The molecule has 0 bridgehead atoms. The standard InChI is InChI=1S/C36H41N3O5S/c1-4-6-24-37-36(41)34(5-2)38(26-29-15-13-14-28(3)25-29)35(40)27-39(45(42,43)33-18-11-8-12-19-33)30-20-22-32(23-21-30)44-31-16-9-7-10-17-31/h7-23,25,34H,4-6,24,26-27H2,1-3H3,(H,37,41)/t34-/m1/s1. The fraction of sp³-hybridized carbons (Fsp3) is 0.278. The molecule has 236 valence electrons. The number of rotatable bonds is 15. The number of nitrogens with one attached hydrogen (secondary N) is 1. The number of benzene rings is 4. The largest absolute Gasteiger partial charge is 0.457 e. The van der Waals surface area contributed by atoms with Crippen LogP contribution in [-0.4, -0.2) is 44.3 Å². The normalized spacial score (nSPS) is 11.8. The summed E-state index contributed by atoms with van der Waals surface area (Å²) in [5.74, 6) is 0.415. The minimum Gasteiger partial charge on any atom is -0.457 e. The van der Waals surface area contributed by atoms with E-state index in [4.69, 9.17) is 4.74 Å². The van der Waals surface area contributed by atoms with Crippen molar-refractivity contribution in [2.75, 3.05) is 17.4 Å². The Morgan fingerprint density at radius 1 is 0.822 bits per heavy atom. The van der Waals surface area contributed by atoms with Crippen molar-refractivity contribution in [3.8, 4) is 11.5 Å². The van der Waals surface area contributed by atoms with Crippen molar-refractivity contribution in [1.82, 2.24) is 10.2 Å². The highest BCUT2D eigenvalue weighted by Gasteiger charge is 2.33. The maximum Gasteiger partial charge on any atom is 0.264 e. The fourth-order valence-corrected chi connectivity index (χ4v) is 6.42. The number of unbranched alkanes of at least 4 members (excludes halogenated alkanes) is 1. The van der Waals surface area contributed by atoms with E-state index in [2.05, 4.69) is 5.32 Å². The highest BCUT2D eigenvalue weighted by molar-refractivity contribution is 7.92. The number of sulfonamides is 1. The second-order valence-electron chi connectivity index (χ2n) is 10.8. The minimum absolute atomic E-state index is 0.0528. The lowest BCUT2D eigenvalue weighted by Crippen LogP contribution is -2.52. The van der Waals surface area contributed by atoms with E-state index in [9.17, 15) is 18.0 Å². The molecule has 0 saturated heterocycles. The molecule has 9 heteroatoms. The van der Waals surface area contributed by atoms with Gasteiger partial charge >= 0.3 is 0 Å². The molecule has 4 rings (SSSR count). The van der Waals surface area contributed by atoms with Gasteiger partial charge in [-0.3, -0.25) is 13.9 Å². The van der Waals surface area contributed by atoms with Crippen molar-refractivity contribution in [2.24, 2.45) is 0 Å². The van der Waals surface area contributed by atoms with Crippen LogP contribution in [0.5, 0.6) is 11.5 Å². The zero-order valence-corrected chi connectivity index (χ0v) is 26.9. The molecule has 2 amide bonds. The number of hydrogen-bond acceptors (Lipinski definition) is 5. The molecule has 0 aliphatic carbocycles. The highest BCUT2D eigenvalue weighted by Crippen LogP contribution is 2.28. The molecule has 0 spiro atoms. The molecule has 0 fully saturated rings. The van der Waals surface area contributed by atoms with Gasteiger partial charge in [0.05, 0.1) is 10.6 Å². The number of nitrogens with zero attached hydrogens (tertiary/aromatic N) is 2. The van der Waals surface area contributed by atoms with Gasteiger partial charge in [0.15, 0.2) is 0 Å². The maximum atomic E-state index is 14.3. The Hall–Kier alpha value is -4.63. The van der Waals surface area contributed by atoms with Crippen LogP contribution in [0.3, 0.4) is 0 Å². The first kappa shape index (κ1) is 33.3. The van der Waals surface area contributed by atoms with Crippen LogP contribution in [0.4, 0.5) is 5.69 Å². The van der Waals surface area contributed by atoms with E-state index in [1.54, 1.807) is 42.5 Å². The first-order chi connectivity index (χ1) is 21.7. The highest BCUT2D eigenvalue weighted by atomic mass is 32.2. The van der Waals surface area contributed by atoms with Gasteiger partial charge in [-0.25, -0.2) is 8.42 Å². The summed E-state index contributed by atoms with van der Waals surface area (Å²) in [6.07, 6.45) is 2.11. The topological polar surface area (TPSA) is 96.0 Å². The van der Waals surface area contributed by atoms with E-state index in [0.717, 1.165) is 28.3 Å². The smallest absolute Gasteiger partial charge is 0.264 e. The molecule has 0 aliphatic heterocycles. The number of hydrogen-bond donors (Lipinski definition) is 1. The van der Waals surface area contributed by atoms with Crippen molar-refractivity contribution < 1.29 is 22.7 Å². The summed E-state index contributed by atoms with van der Waals surface area (Å²) in [4.78, 5) is 29.2. The quantitative estimate of drug-likeness (QED) is 0.148. The summed E-state index contributed by atoms with van der Waals surface area (Å²) >= 11 is 0. The molecule has 8 nitrogen and oxygen atoms in total. The molecule has 0 radical (unpaired) electrons. The van der Waals surface area contributed by atoms with Crippen LogP contribution in [0.1, 0.15) is 44.2 Å². The zero-order valence-electron chi connectivity index (χ0n) is 26.1. The summed E-state index contributed by atoms with van der Waals surface area (Å²) in [6.45, 7) is 6.02. The molecule has 1 atom stereocenters. The molecule has 0 aliphatic rings. The second-order valence-corrected chi connectivity index (χ2v) is 12.7. The lowest BCUT2D eigenvalue weighted by molar-refractivity contribution is -0.140. The van der Waals surface area contributed by atoms with Crippen molar-refractivity contribution in [2.45, 2.75) is 57.5 Å². The van der Waals surface area contributed by atoms with Gasteiger partial charge in [-0.05, 0) is 73.9 Å². The van der Waals surface area contributed by atoms with E-state index in [1.165, 1.54) is 17.0 Å². The summed E-state index contributed by atoms with van der Waals surface area (Å²) in [6, 6.07) is 30.8. The maximum absolute atomic E-state index is 14.3. The van der Waals surface area contributed by atoms with Crippen LogP contribution in [0.2, 0.25) is 0 Å². The Bertz CT molecular complexity index is 1650. The van der Waals surface area contributed by atoms with Crippen LogP contribution in [0.25, 0.3) is 0 Å². The summed E-state index contributed by atoms with van der Waals surface area (Å²) in [5.41, 5.74) is 2.16. The van der Waals surface area contributed by atoms with E-state index in [1.807, 2.05) is 75.4 Å². The molecule has 0 unspecified atom stereocenters. The van der Waals surface area contributed by atoms with E-state index in [0.29, 0.717) is 30.2 Å². The van der Waals surface area contributed by atoms with Crippen LogP contribution in [0, 0.1) is 6.92 Å². The monoisotopic (exact) mass is 627 g/mol. The number of amides is 2. The van der Waals surface area contributed by atoms with Crippen molar-refractivity contribution in [3.63, 3.8) is 0 Å². The van der Waals surface area contributed by atoms with Gasteiger partial charge in [-0.2, -0.15) is 0 Å². The van der Waals surface area contributed by atoms with Crippen LogP contribution in [0.15, 0.2) is 114 Å². The van der Waals surface area contributed by atoms with Gasteiger partial charge < -0.3 is 15.0 Å². The third-order valence-corrected chi connectivity index (χ3v) is 9.15. The Kier molecular flexibility index (Phi) is 11.8. The third kappa shape index (κ3) is 8.95. The van der Waals surface area contributed by atoms with Crippen molar-refractivity contribution in [3.05, 3.63) is 120 Å². The Morgan fingerprint density at radius 2 is 1.47 bits per heavy atom. The molecule has 0 saturated carbocycles. The SMILES string of the molecule is CCCCNC(=O)[C@@H](CC)N(Cc1cccc(C)c1)C(=O)CN(c1ccc(Oc2ccccc2)cc1)S(=O)(=O)c1ccccc1. The van der Waals surface area contributed by atoms with E-state index in [-0.39, 0.29) is 17.3 Å². The molecule has 0 aromatic heterocycles. The van der Waals surface area contributed by atoms with Gasteiger partial charge in [0.25, 0.3) is 10.0 Å². The number of para-hydroxylation sites is 1. The molecular weight excluding hydrogens is 586 g/mol. The molecule has 1 N–H and O–H groups in total. The Balaban J connectivity index is 1.70. The second kappa shape index (κ2) is 15.9. The first-order valence-electron chi connectivity index (χ1n) is 15.3. The zero-order chi connectivity index (χ0) is 32.2. The average Bonchev–Trinajstić information content (AvgIpc) is 3.05. The predicted molar refractivity (Wildman–Crippen MR) is 178 cm³/mol. The molecular formula is C36H41N3O5S. The molecule has 0 heterocycles. The van der Waals surface area contributed by atoms with Gasteiger partial charge in [0.2, 0.25) is 11.8 Å². The van der Waals surface area contributed by atoms with Gasteiger partial charge in [-0.1, -0.05) is 86.5 Å². The van der Waals surface area contributed by atoms with Gasteiger partial charge in [0.1, 0.15) is 24.1 Å². The Morgan fingerprint density at radius 3 is 2.09 bits per heavy atom.